The van der Waals surface area contributed by atoms with E-state index in [0.717, 1.165) is 0 Å². The summed E-state index contributed by atoms with van der Waals surface area (Å²) in [5.74, 6) is -0.0440. The Labute approximate surface area is 65.2 Å². The molecule has 0 bridgehead atoms. The number of hydrogen-bond acceptors (Lipinski definition) is 3. The van der Waals surface area contributed by atoms with Crippen LogP contribution in [0.2, 0.25) is 0 Å². The zero-order valence-electron chi connectivity index (χ0n) is 6.61. The van der Waals surface area contributed by atoms with Crippen molar-refractivity contribution in [1.29, 1.82) is 0 Å². The largest absolute Gasteiger partial charge is 0.309 e. The molecule has 0 saturated heterocycles. The molecular weight excluding hydrogens is 142 g/mol. The van der Waals surface area contributed by atoms with E-state index < -0.39 is 0 Å². The van der Waals surface area contributed by atoms with E-state index in [1.54, 1.807) is 32.4 Å². The summed E-state index contributed by atoms with van der Waals surface area (Å²) >= 11 is 0. The minimum atomic E-state index is -0.185. The van der Waals surface area contributed by atoms with Crippen LogP contribution in [-0.4, -0.2) is 28.8 Å². The maximum atomic E-state index is 11.3. The van der Waals surface area contributed by atoms with Gasteiger partial charge in [-0.25, -0.2) is 4.68 Å². The van der Waals surface area contributed by atoms with Crippen LogP contribution >= 0.6 is 0 Å². The Morgan fingerprint density at radius 3 is 2.91 bits per heavy atom. The number of carbonyl (C=O) groups is 1. The van der Waals surface area contributed by atoms with E-state index in [4.69, 9.17) is 0 Å². The SMILES string of the molecule is CNC(C)C(=O)n1cccn1. The Morgan fingerprint density at radius 2 is 2.45 bits per heavy atom. The van der Waals surface area contributed by atoms with Crippen LogP contribution < -0.4 is 5.32 Å². The van der Waals surface area contributed by atoms with E-state index in [1.807, 2.05) is 0 Å². The third-order valence-electron chi connectivity index (χ3n) is 1.53. The molecule has 0 saturated carbocycles. The van der Waals surface area contributed by atoms with E-state index >= 15 is 0 Å². The second kappa shape index (κ2) is 3.30. The fraction of sp³-hybridized carbons (Fsp3) is 0.429. The normalized spacial score (nSPS) is 12.9. The molecule has 1 unspecified atom stereocenters. The molecular formula is C7H11N3O. The number of carbonyl (C=O) groups excluding carboxylic acids is 1. The summed E-state index contributed by atoms with van der Waals surface area (Å²) in [6, 6.07) is 1.54. The van der Waals surface area contributed by atoms with Gasteiger partial charge in [0.05, 0.1) is 6.04 Å². The number of nitrogens with zero attached hydrogens (tertiary/aromatic N) is 2. The lowest BCUT2D eigenvalue weighted by Gasteiger charge is -2.07. The maximum absolute atomic E-state index is 11.3. The highest BCUT2D eigenvalue weighted by atomic mass is 16.2. The highest BCUT2D eigenvalue weighted by molar-refractivity contribution is 5.82. The Bertz CT molecular complexity index is 230. The molecule has 4 heteroatoms. The van der Waals surface area contributed by atoms with Gasteiger partial charge >= 0.3 is 0 Å². The Hall–Kier alpha value is -1.16. The number of likely N-dealkylation sites (N-methyl/N-ethyl adjacent to an activating group) is 1. The average Bonchev–Trinajstić information content (AvgIpc) is 2.53. The second-order valence-corrected chi connectivity index (χ2v) is 2.30. The van der Waals surface area contributed by atoms with Crippen LogP contribution in [0.25, 0.3) is 0 Å². The Kier molecular flexibility index (Phi) is 2.38. The van der Waals surface area contributed by atoms with Crippen molar-refractivity contribution in [3.8, 4) is 0 Å². The maximum Gasteiger partial charge on any atom is 0.263 e. The van der Waals surface area contributed by atoms with E-state index in [2.05, 4.69) is 10.4 Å². The van der Waals surface area contributed by atoms with E-state index in [1.165, 1.54) is 4.68 Å². The fourth-order valence-corrected chi connectivity index (χ4v) is 0.721. The zero-order valence-corrected chi connectivity index (χ0v) is 6.61. The van der Waals surface area contributed by atoms with Crippen LogP contribution in [-0.2, 0) is 0 Å². The van der Waals surface area contributed by atoms with Crippen LogP contribution in [0.4, 0.5) is 0 Å². The van der Waals surface area contributed by atoms with Crippen LogP contribution in [0.15, 0.2) is 18.5 Å². The summed E-state index contributed by atoms with van der Waals surface area (Å²) in [6.45, 7) is 1.80. The third kappa shape index (κ3) is 1.65. The standard InChI is InChI=1S/C7H11N3O/c1-6(8-2)7(11)10-5-3-4-9-10/h3-6,8H,1-2H3. The molecule has 0 aliphatic rings. The molecule has 0 aromatic carbocycles. The highest BCUT2D eigenvalue weighted by Gasteiger charge is 2.11. The van der Waals surface area contributed by atoms with Crippen LogP contribution in [0.1, 0.15) is 11.7 Å². The summed E-state index contributed by atoms with van der Waals surface area (Å²) in [6.07, 6.45) is 3.22. The van der Waals surface area contributed by atoms with Crippen molar-refractivity contribution >= 4 is 5.91 Å². The van der Waals surface area contributed by atoms with Gasteiger partial charge in [-0.1, -0.05) is 0 Å². The molecule has 1 atom stereocenters. The first-order chi connectivity index (χ1) is 5.25. The van der Waals surface area contributed by atoms with Gasteiger partial charge < -0.3 is 5.32 Å². The van der Waals surface area contributed by atoms with Gasteiger partial charge in [0.15, 0.2) is 0 Å². The average molecular weight is 153 g/mol. The molecule has 1 aromatic rings. The summed E-state index contributed by atoms with van der Waals surface area (Å²) < 4.78 is 1.32. The van der Waals surface area contributed by atoms with E-state index in [9.17, 15) is 4.79 Å². The molecule has 0 amide bonds. The summed E-state index contributed by atoms with van der Waals surface area (Å²) in [4.78, 5) is 11.3. The van der Waals surface area contributed by atoms with Crippen molar-refractivity contribution in [1.82, 2.24) is 15.1 Å². The molecule has 11 heavy (non-hydrogen) atoms. The Balaban J connectivity index is 2.70. The second-order valence-electron chi connectivity index (χ2n) is 2.30. The van der Waals surface area contributed by atoms with Crippen molar-refractivity contribution in [2.24, 2.45) is 0 Å². The molecule has 0 spiro atoms. The quantitative estimate of drug-likeness (QED) is 0.657. The highest BCUT2D eigenvalue weighted by Crippen LogP contribution is 1.89. The molecule has 4 nitrogen and oxygen atoms in total. The van der Waals surface area contributed by atoms with Crippen LogP contribution in [0, 0.1) is 0 Å². The molecule has 0 aliphatic heterocycles. The van der Waals surface area contributed by atoms with Crippen LogP contribution in [0.5, 0.6) is 0 Å². The number of rotatable bonds is 2. The van der Waals surface area contributed by atoms with Gasteiger partial charge in [0.1, 0.15) is 0 Å². The first-order valence-corrected chi connectivity index (χ1v) is 3.47. The van der Waals surface area contributed by atoms with Crippen molar-refractivity contribution in [2.75, 3.05) is 7.05 Å². The lowest BCUT2D eigenvalue weighted by Crippen LogP contribution is -2.34. The van der Waals surface area contributed by atoms with Gasteiger partial charge in [-0.3, -0.25) is 4.79 Å². The van der Waals surface area contributed by atoms with E-state index in [-0.39, 0.29) is 11.9 Å². The molecule has 1 rings (SSSR count). The minimum absolute atomic E-state index is 0.0440. The smallest absolute Gasteiger partial charge is 0.263 e. The van der Waals surface area contributed by atoms with Crippen LogP contribution in [0.3, 0.4) is 0 Å². The molecule has 1 heterocycles. The molecule has 0 fully saturated rings. The van der Waals surface area contributed by atoms with Crippen molar-refractivity contribution in [3.05, 3.63) is 18.5 Å². The van der Waals surface area contributed by atoms with Crippen molar-refractivity contribution in [3.63, 3.8) is 0 Å². The third-order valence-corrected chi connectivity index (χ3v) is 1.53. The molecule has 0 radical (unpaired) electrons. The number of nitrogens with one attached hydrogen (secondary N) is 1. The molecule has 60 valence electrons. The van der Waals surface area contributed by atoms with Gasteiger partial charge in [0, 0.05) is 12.4 Å². The number of hydrogen-bond donors (Lipinski definition) is 1. The first-order valence-electron chi connectivity index (χ1n) is 3.47. The van der Waals surface area contributed by atoms with Gasteiger partial charge in [0.2, 0.25) is 0 Å². The van der Waals surface area contributed by atoms with Gasteiger partial charge in [-0.2, -0.15) is 5.10 Å². The lowest BCUT2D eigenvalue weighted by atomic mass is 10.3. The van der Waals surface area contributed by atoms with Gasteiger partial charge in [-0.05, 0) is 20.0 Å². The van der Waals surface area contributed by atoms with Gasteiger partial charge in [-0.15, -0.1) is 0 Å². The minimum Gasteiger partial charge on any atom is -0.309 e. The predicted molar refractivity (Wildman–Crippen MR) is 41.4 cm³/mol. The zero-order chi connectivity index (χ0) is 8.27. The summed E-state index contributed by atoms with van der Waals surface area (Å²) in [7, 11) is 1.74. The monoisotopic (exact) mass is 153 g/mol. The topological polar surface area (TPSA) is 46.9 Å². The van der Waals surface area contributed by atoms with Crippen molar-refractivity contribution < 1.29 is 4.79 Å². The summed E-state index contributed by atoms with van der Waals surface area (Å²) in [5, 5.41) is 6.65. The molecule has 1 aromatic heterocycles. The molecule has 1 N–H and O–H groups in total. The lowest BCUT2D eigenvalue weighted by molar-refractivity contribution is 0.0856. The molecule has 0 aliphatic carbocycles. The number of aromatic nitrogens is 2. The van der Waals surface area contributed by atoms with E-state index in [0.29, 0.717) is 0 Å². The first kappa shape index (κ1) is 7.94. The van der Waals surface area contributed by atoms with Crippen molar-refractivity contribution in [2.45, 2.75) is 13.0 Å². The fourth-order valence-electron chi connectivity index (χ4n) is 0.721. The Morgan fingerprint density at radius 1 is 1.73 bits per heavy atom. The van der Waals surface area contributed by atoms with Gasteiger partial charge in [0.25, 0.3) is 5.91 Å². The predicted octanol–water partition coefficient (Wildman–Crippen LogP) is 0.131. The summed E-state index contributed by atoms with van der Waals surface area (Å²) in [5.41, 5.74) is 0.